The van der Waals surface area contributed by atoms with Gasteiger partial charge in [-0.1, -0.05) is 43.1 Å². The summed E-state index contributed by atoms with van der Waals surface area (Å²) < 4.78 is 12.2. The Kier molecular flexibility index (Phi) is 11.2. The second-order valence-corrected chi connectivity index (χ2v) is 8.34. The van der Waals surface area contributed by atoms with Gasteiger partial charge >= 0.3 is 8.56 Å². The molecule has 0 heterocycles. The van der Waals surface area contributed by atoms with Gasteiger partial charge in [-0.15, -0.1) is 0 Å². The molecule has 0 atom stereocenters. The van der Waals surface area contributed by atoms with E-state index in [4.69, 9.17) is 8.85 Å². The van der Waals surface area contributed by atoms with Crippen LogP contribution in [0.5, 0.6) is 0 Å². The van der Waals surface area contributed by atoms with Crippen LogP contribution < -0.4 is 0 Å². The summed E-state index contributed by atoms with van der Waals surface area (Å²) >= 11 is 3.50. The Hall–Kier alpha value is 0.617. The lowest BCUT2D eigenvalue weighted by molar-refractivity contribution is 0.166. The maximum absolute atomic E-state index is 6.12. The van der Waals surface area contributed by atoms with Gasteiger partial charge < -0.3 is 8.85 Å². The Balaban J connectivity index is 4.32. The first kappa shape index (κ1) is 16.6. The van der Waals surface area contributed by atoms with Crippen LogP contribution in [0.15, 0.2) is 0 Å². The Morgan fingerprint density at radius 2 is 1.44 bits per heavy atom. The van der Waals surface area contributed by atoms with E-state index in [0.29, 0.717) is 0 Å². The van der Waals surface area contributed by atoms with Crippen LogP contribution in [0.1, 0.15) is 46.5 Å². The van der Waals surface area contributed by atoms with E-state index in [9.17, 15) is 0 Å². The van der Waals surface area contributed by atoms with E-state index in [1.165, 1.54) is 12.8 Å². The number of hydrogen-bond acceptors (Lipinski definition) is 2. The zero-order chi connectivity index (χ0) is 12.3. The Morgan fingerprint density at radius 3 is 1.81 bits per heavy atom. The molecule has 4 heteroatoms. The van der Waals surface area contributed by atoms with Crippen molar-refractivity contribution < 1.29 is 8.85 Å². The van der Waals surface area contributed by atoms with Gasteiger partial charge in [0.25, 0.3) is 0 Å². The van der Waals surface area contributed by atoms with Gasteiger partial charge in [0.15, 0.2) is 0 Å². The summed E-state index contributed by atoms with van der Waals surface area (Å²) in [7, 11) is -1.89. The van der Waals surface area contributed by atoms with Crippen molar-refractivity contribution in [2.75, 3.05) is 18.5 Å². The highest BCUT2D eigenvalue weighted by atomic mass is 79.9. The third kappa shape index (κ3) is 7.04. The van der Waals surface area contributed by atoms with Crippen molar-refractivity contribution in [1.29, 1.82) is 0 Å². The Morgan fingerprint density at radius 1 is 0.875 bits per heavy atom. The molecule has 16 heavy (non-hydrogen) atoms. The lowest BCUT2D eigenvalue weighted by Gasteiger charge is -2.30. The van der Waals surface area contributed by atoms with Crippen LogP contribution in [0, 0.1) is 0 Å². The first-order chi connectivity index (χ1) is 7.74. The van der Waals surface area contributed by atoms with Gasteiger partial charge in [-0.25, -0.2) is 0 Å². The fraction of sp³-hybridized carbons (Fsp3) is 1.00. The molecular formula is C12H27BrO2Si. The number of hydrogen-bond donors (Lipinski definition) is 0. The molecule has 0 saturated carbocycles. The fourth-order valence-corrected chi connectivity index (χ4v) is 6.09. The lowest BCUT2D eigenvalue weighted by Crippen LogP contribution is -2.42. The average molecular weight is 311 g/mol. The average Bonchev–Trinajstić information content (AvgIpc) is 2.31. The van der Waals surface area contributed by atoms with E-state index in [1.54, 1.807) is 0 Å². The van der Waals surface area contributed by atoms with Crippen LogP contribution in [0.2, 0.25) is 12.1 Å². The Labute approximate surface area is 110 Å². The SMILES string of the molecule is CCCO[Si](CCC)(CCCBr)OCCC. The van der Waals surface area contributed by atoms with Gasteiger partial charge in [-0.2, -0.15) is 0 Å². The smallest absolute Gasteiger partial charge is 0.338 e. The van der Waals surface area contributed by atoms with Crippen molar-refractivity contribution in [3.05, 3.63) is 0 Å². The van der Waals surface area contributed by atoms with Crippen LogP contribution in [0.4, 0.5) is 0 Å². The van der Waals surface area contributed by atoms with Gasteiger partial charge in [0.1, 0.15) is 0 Å². The molecule has 98 valence electrons. The van der Waals surface area contributed by atoms with Gasteiger partial charge in [0, 0.05) is 18.5 Å². The first-order valence-corrected chi connectivity index (χ1v) is 9.93. The maximum atomic E-state index is 6.12. The molecule has 2 nitrogen and oxygen atoms in total. The molecule has 0 spiro atoms. The Bertz CT molecular complexity index is 134. The van der Waals surface area contributed by atoms with E-state index in [2.05, 4.69) is 36.7 Å². The molecular weight excluding hydrogens is 284 g/mol. The van der Waals surface area contributed by atoms with Gasteiger partial charge in [0.05, 0.1) is 0 Å². The van der Waals surface area contributed by atoms with Crippen molar-refractivity contribution in [1.82, 2.24) is 0 Å². The second kappa shape index (κ2) is 10.8. The normalized spacial score (nSPS) is 12.0. The molecule has 0 aliphatic carbocycles. The molecule has 0 aliphatic heterocycles. The molecule has 0 bridgehead atoms. The lowest BCUT2D eigenvalue weighted by atomic mass is 10.5. The topological polar surface area (TPSA) is 18.5 Å². The van der Waals surface area contributed by atoms with Gasteiger partial charge in [0.2, 0.25) is 0 Å². The van der Waals surface area contributed by atoms with E-state index in [1.807, 2.05) is 0 Å². The summed E-state index contributed by atoms with van der Waals surface area (Å²) in [4.78, 5) is 0. The first-order valence-electron chi connectivity index (χ1n) is 6.58. The van der Waals surface area contributed by atoms with Crippen LogP contribution in [0.3, 0.4) is 0 Å². The van der Waals surface area contributed by atoms with Crippen LogP contribution in [0.25, 0.3) is 0 Å². The van der Waals surface area contributed by atoms with Gasteiger partial charge in [-0.3, -0.25) is 0 Å². The van der Waals surface area contributed by atoms with Crippen LogP contribution >= 0.6 is 15.9 Å². The van der Waals surface area contributed by atoms with Crippen molar-refractivity contribution in [2.24, 2.45) is 0 Å². The highest BCUT2D eigenvalue weighted by molar-refractivity contribution is 9.09. The van der Waals surface area contributed by atoms with E-state index in [0.717, 1.165) is 43.5 Å². The number of alkyl halides is 1. The molecule has 0 fully saturated rings. The molecule has 0 unspecified atom stereocenters. The molecule has 0 rings (SSSR count). The van der Waals surface area contributed by atoms with Crippen LogP contribution in [-0.4, -0.2) is 27.1 Å². The zero-order valence-electron chi connectivity index (χ0n) is 11.1. The molecule has 0 aromatic heterocycles. The minimum absolute atomic E-state index is 0.859. The summed E-state index contributed by atoms with van der Waals surface area (Å²) in [5.74, 6) is 0. The van der Waals surface area contributed by atoms with Crippen molar-refractivity contribution in [3.63, 3.8) is 0 Å². The molecule has 0 saturated heterocycles. The molecule has 0 aromatic carbocycles. The molecule has 0 aliphatic rings. The predicted molar refractivity (Wildman–Crippen MR) is 76.6 cm³/mol. The third-order valence-electron chi connectivity index (χ3n) is 2.46. The highest BCUT2D eigenvalue weighted by Gasteiger charge is 2.35. The minimum atomic E-state index is -1.89. The minimum Gasteiger partial charge on any atom is -0.394 e. The van der Waals surface area contributed by atoms with Crippen molar-refractivity contribution in [3.8, 4) is 0 Å². The monoisotopic (exact) mass is 310 g/mol. The predicted octanol–water partition coefficient (Wildman–Crippen LogP) is 4.48. The summed E-state index contributed by atoms with van der Waals surface area (Å²) in [6, 6.07) is 2.27. The number of rotatable bonds is 11. The van der Waals surface area contributed by atoms with E-state index < -0.39 is 8.56 Å². The standard InChI is InChI=1S/C12H27BrO2Si/c1-4-9-14-16(11-6-3,12-7-8-13)15-10-5-2/h4-12H2,1-3H3. The summed E-state index contributed by atoms with van der Waals surface area (Å²) in [5, 5.41) is 1.05. The van der Waals surface area contributed by atoms with Gasteiger partial charge in [-0.05, 0) is 31.4 Å². The summed E-state index contributed by atoms with van der Waals surface area (Å²) in [6.45, 7) is 8.27. The van der Waals surface area contributed by atoms with E-state index in [-0.39, 0.29) is 0 Å². The third-order valence-corrected chi connectivity index (χ3v) is 6.86. The maximum Gasteiger partial charge on any atom is 0.338 e. The molecule has 0 radical (unpaired) electrons. The largest absolute Gasteiger partial charge is 0.394 e. The summed E-state index contributed by atoms with van der Waals surface area (Å²) in [6.07, 6.45) is 4.51. The fourth-order valence-electron chi connectivity index (χ4n) is 1.75. The molecule has 0 aromatic rings. The zero-order valence-corrected chi connectivity index (χ0v) is 13.6. The van der Waals surface area contributed by atoms with Crippen molar-refractivity contribution >= 4 is 24.5 Å². The number of halogens is 1. The highest BCUT2D eigenvalue weighted by Crippen LogP contribution is 2.24. The summed E-state index contributed by atoms with van der Waals surface area (Å²) in [5.41, 5.74) is 0. The van der Waals surface area contributed by atoms with Crippen LogP contribution in [-0.2, 0) is 8.85 Å². The molecule has 0 N–H and O–H groups in total. The van der Waals surface area contributed by atoms with E-state index >= 15 is 0 Å². The van der Waals surface area contributed by atoms with Crippen molar-refractivity contribution in [2.45, 2.75) is 58.5 Å². The second-order valence-electron chi connectivity index (χ2n) is 4.15. The quantitative estimate of drug-likeness (QED) is 0.414. The molecule has 0 amide bonds.